The van der Waals surface area contributed by atoms with E-state index >= 15 is 0 Å². The van der Waals surface area contributed by atoms with Gasteiger partial charge in [-0.1, -0.05) is 60.4 Å². The van der Waals surface area contributed by atoms with Crippen LogP contribution >= 0.6 is 24.0 Å². The molecule has 2 saturated heterocycles. The molecule has 4 rings (SSSR count). The van der Waals surface area contributed by atoms with Crippen molar-refractivity contribution in [1.82, 2.24) is 9.80 Å². The lowest BCUT2D eigenvalue weighted by molar-refractivity contribution is -0.132. The van der Waals surface area contributed by atoms with E-state index in [1.165, 1.54) is 22.3 Å². The fourth-order valence-corrected chi connectivity index (χ4v) is 5.14. The summed E-state index contributed by atoms with van der Waals surface area (Å²) in [5.74, 6) is 0.593. The fraction of sp³-hybridized carbons (Fsp3) is 0.292. The fourth-order valence-electron chi connectivity index (χ4n) is 3.84. The standard InChI is InChI=1S/C24H25N3O3S2/c1-30-20-10-6-5-7-18(20)17-21-23(29)27(24(31)32-21)12-11-22(28)26-15-13-25(14-16-26)19-8-3-2-4-9-19/h2-10,17H,11-16H2,1H3. The van der Waals surface area contributed by atoms with Crippen molar-refractivity contribution >= 4 is 51.9 Å². The van der Waals surface area contributed by atoms with Gasteiger partial charge in [0.05, 0.1) is 12.0 Å². The van der Waals surface area contributed by atoms with E-state index in [2.05, 4.69) is 17.0 Å². The Kier molecular flexibility index (Phi) is 7.12. The molecule has 2 fully saturated rings. The molecule has 0 spiro atoms. The van der Waals surface area contributed by atoms with E-state index in [0.717, 1.165) is 18.7 Å². The predicted octanol–water partition coefficient (Wildman–Crippen LogP) is 3.64. The van der Waals surface area contributed by atoms with Gasteiger partial charge in [0.2, 0.25) is 5.91 Å². The maximum absolute atomic E-state index is 12.9. The molecule has 8 heteroatoms. The first-order chi connectivity index (χ1) is 15.6. The van der Waals surface area contributed by atoms with Crippen molar-refractivity contribution in [1.29, 1.82) is 0 Å². The smallest absolute Gasteiger partial charge is 0.266 e. The van der Waals surface area contributed by atoms with Gasteiger partial charge in [-0.25, -0.2) is 0 Å². The predicted molar refractivity (Wildman–Crippen MR) is 133 cm³/mol. The van der Waals surface area contributed by atoms with Crippen molar-refractivity contribution in [2.75, 3.05) is 44.7 Å². The van der Waals surface area contributed by atoms with Crippen LogP contribution in [-0.2, 0) is 9.59 Å². The zero-order valence-corrected chi connectivity index (χ0v) is 19.5. The van der Waals surface area contributed by atoms with E-state index < -0.39 is 0 Å². The topological polar surface area (TPSA) is 53.1 Å². The first-order valence-electron chi connectivity index (χ1n) is 10.5. The minimum absolute atomic E-state index is 0.0560. The molecule has 0 aliphatic carbocycles. The third kappa shape index (κ3) is 4.97. The second-order valence-electron chi connectivity index (χ2n) is 7.53. The van der Waals surface area contributed by atoms with Gasteiger partial charge < -0.3 is 14.5 Å². The highest BCUT2D eigenvalue weighted by atomic mass is 32.2. The van der Waals surface area contributed by atoms with Crippen molar-refractivity contribution in [3.8, 4) is 5.75 Å². The minimum atomic E-state index is -0.160. The second-order valence-corrected chi connectivity index (χ2v) is 9.20. The van der Waals surface area contributed by atoms with E-state index in [4.69, 9.17) is 17.0 Å². The number of benzene rings is 2. The number of methoxy groups -OCH3 is 1. The largest absolute Gasteiger partial charge is 0.496 e. The van der Waals surface area contributed by atoms with Gasteiger partial charge in [-0.2, -0.15) is 0 Å². The number of ether oxygens (including phenoxy) is 1. The number of carbonyl (C=O) groups excluding carboxylic acids is 2. The summed E-state index contributed by atoms with van der Waals surface area (Å²) in [6.07, 6.45) is 2.06. The number of hydrogen-bond donors (Lipinski definition) is 0. The van der Waals surface area contributed by atoms with Crippen molar-refractivity contribution in [2.24, 2.45) is 0 Å². The van der Waals surface area contributed by atoms with Crippen molar-refractivity contribution in [2.45, 2.75) is 6.42 Å². The van der Waals surface area contributed by atoms with Crippen molar-refractivity contribution in [3.63, 3.8) is 0 Å². The molecule has 2 aromatic rings. The molecule has 2 heterocycles. The molecule has 0 aromatic heterocycles. The zero-order valence-electron chi connectivity index (χ0n) is 17.9. The van der Waals surface area contributed by atoms with Gasteiger partial charge in [0.1, 0.15) is 10.1 Å². The molecule has 0 unspecified atom stereocenters. The maximum Gasteiger partial charge on any atom is 0.266 e. The van der Waals surface area contributed by atoms with E-state index in [1.54, 1.807) is 13.2 Å². The molecule has 32 heavy (non-hydrogen) atoms. The van der Waals surface area contributed by atoms with Crippen LogP contribution in [-0.4, -0.2) is 65.8 Å². The van der Waals surface area contributed by atoms with E-state index in [0.29, 0.717) is 34.6 Å². The van der Waals surface area contributed by atoms with Crippen LogP contribution in [0.25, 0.3) is 6.08 Å². The molecule has 6 nitrogen and oxygen atoms in total. The SMILES string of the molecule is COc1ccccc1C=C1SC(=S)N(CCC(=O)N2CCN(c3ccccc3)CC2)C1=O. The van der Waals surface area contributed by atoms with Crippen LogP contribution in [0.2, 0.25) is 0 Å². The third-order valence-corrected chi connectivity index (χ3v) is 6.98. The van der Waals surface area contributed by atoms with Crippen LogP contribution in [0.5, 0.6) is 5.75 Å². The Labute approximate surface area is 197 Å². The Morgan fingerprint density at radius 3 is 2.47 bits per heavy atom. The normalized spacial score (nSPS) is 17.9. The lowest BCUT2D eigenvalue weighted by Crippen LogP contribution is -2.49. The first-order valence-corrected chi connectivity index (χ1v) is 11.8. The van der Waals surface area contributed by atoms with Crippen molar-refractivity contribution in [3.05, 3.63) is 65.1 Å². The van der Waals surface area contributed by atoms with Crippen LogP contribution < -0.4 is 9.64 Å². The van der Waals surface area contributed by atoms with Gasteiger partial charge in [0.25, 0.3) is 5.91 Å². The van der Waals surface area contributed by atoms with Crippen LogP contribution in [0.1, 0.15) is 12.0 Å². The Morgan fingerprint density at radius 2 is 1.75 bits per heavy atom. The van der Waals surface area contributed by atoms with E-state index in [9.17, 15) is 9.59 Å². The molecular formula is C24H25N3O3S2. The summed E-state index contributed by atoms with van der Waals surface area (Å²) >= 11 is 6.68. The summed E-state index contributed by atoms with van der Waals surface area (Å²) in [6.45, 7) is 3.27. The van der Waals surface area contributed by atoms with Gasteiger partial charge in [-0.05, 0) is 24.3 Å². The van der Waals surface area contributed by atoms with E-state index in [1.807, 2.05) is 47.4 Å². The van der Waals surface area contributed by atoms with Crippen LogP contribution in [0, 0.1) is 0 Å². The monoisotopic (exact) mass is 467 g/mol. The lowest BCUT2D eigenvalue weighted by atomic mass is 10.2. The minimum Gasteiger partial charge on any atom is -0.496 e. The summed E-state index contributed by atoms with van der Waals surface area (Å²) in [6, 6.07) is 17.7. The lowest BCUT2D eigenvalue weighted by Gasteiger charge is -2.36. The van der Waals surface area contributed by atoms with Gasteiger partial charge in [-0.15, -0.1) is 0 Å². The third-order valence-electron chi connectivity index (χ3n) is 5.60. The molecule has 0 bridgehead atoms. The zero-order chi connectivity index (χ0) is 22.5. The molecule has 2 aromatic carbocycles. The number of piperazine rings is 1. The van der Waals surface area contributed by atoms with E-state index in [-0.39, 0.29) is 18.2 Å². The van der Waals surface area contributed by atoms with Crippen LogP contribution in [0.15, 0.2) is 59.5 Å². The maximum atomic E-state index is 12.9. The van der Waals surface area contributed by atoms with Crippen LogP contribution in [0.4, 0.5) is 5.69 Å². The molecule has 2 aliphatic heterocycles. The molecule has 0 N–H and O–H groups in total. The summed E-state index contributed by atoms with van der Waals surface area (Å²) in [7, 11) is 1.60. The van der Waals surface area contributed by atoms with Gasteiger partial charge >= 0.3 is 0 Å². The molecule has 2 amide bonds. The average molecular weight is 468 g/mol. The highest BCUT2D eigenvalue weighted by molar-refractivity contribution is 8.26. The number of thioether (sulfide) groups is 1. The Bertz CT molecular complexity index is 1030. The summed E-state index contributed by atoms with van der Waals surface area (Å²) in [5.41, 5.74) is 2.00. The number of thiocarbonyl (C=S) groups is 1. The number of anilines is 1. The van der Waals surface area contributed by atoms with Crippen LogP contribution in [0.3, 0.4) is 0 Å². The quantitative estimate of drug-likeness (QED) is 0.478. The van der Waals surface area contributed by atoms with Gasteiger partial charge in [0.15, 0.2) is 0 Å². The highest BCUT2D eigenvalue weighted by Gasteiger charge is 2.33. The number of para-hydroxylation sites is 2. The number of hydrogen-bond acceptors (Lipinski definition) is 6. The molecule has 2 aliphatic rings. The Hall–Kier alpha value is -2.84. The summed E-state index contributed by atoms with van der Waals surface area (Å²) < 4.78 is 5.85. The van der Waals surface area contributed by atoms with Gasteiger partial charge in [0, 0.05) is 50.4 Å². The highest BCUT2D eigenvalue weighted by Crippen LogP contribution is 2.34. The molecule has 0 radical (unpaired) electrons. The molecule has 0 saturated carbocycles. The molecule has 166 valence electrons. The second kappa shape index (κ2) is 10.2. The number of amides is 2. The average Bonchev–Trinajstić information content (AvgIpc) is 3.10. The first kappa shape index (κ1) is 22.4. The van der Waals surface area contributed by atoms with Gasteiger partial charge in [-0.3, -0.25) is 14.5 Å². The molecule has 0 atom stereocenters. The summed E-state index contributed by atoms with van der Waals surface area (Å²) in [4.78, 5) is 31.9. The Balaban J connectivity index is 1.32. The Morgan fingerprint density at radius 1 is 1.06 bits per heavy atom. The number of rotatable bonds is 6. The number of nitrogens with zero attached hydrogens (tertiary/aromatic N) is 3. The van der Waals surface area contributed by atoms with Crippen molar-refractivity contribution < 1.29 is 14.3 Å². The summed E-state index contributed by atoms with van der Waals surface area (Å²) in [5, 5.41) is 0. The number of carbonyl (C=O) groups is 2. The molecular weight excluding hydrogens is 442 g/mol.